The lowest BCUT2D eigenvalue weighted by molar-refractivity contribution is -0.0204. The van der Waals surface area contributed by atoms with Crippen molar-refractivity contribution >= 4 is 38.3 Å². The molecule has 0 amide bonds. The molecule has 6 N–H and O–H groups in total. The van der Waals surface area contributed by atoms with Crippen molar-refractivity contribution in [2.75, 3.05) is 17.8 Å². The molecule has 1 saturated heterocycles. The van der Waals surface area contributed by atoms with E-state index in [1.54, 1.807) is 6.92 Å². The van der Waals surface area contributed by atoms with Gasteiger partial charge in [-0.05, 0) is 30.2 Å². The Morgan fingerprint density at radius 2 is 1.97 bits per heavy atom. The highest BCUT2D eigenvalue weighted by Gasteiger charge is 2.46. The zero-order valence-corrected chi connectivity index (χ0v) is 21.4. The van der Waals surface area contributed by atoms with Crippen molar-refractivity contribution < 1.29 is 47.7 Å². The monoisotopic (exact) mass is 582 g/mol. The van der Waals surface area contributed by atoms with Crippen LogP contribution >= 0.6 is 26.8 Å². The van der Waals surface area contributed by atoms with E-state index in [0.29, 0.717) is 5.56 Å². The van der Waals surface area contributed by atoms with Gasteiger partial charge >= 0.3 is 15.2 Å². The molecule has 0 aliphatic carbocycles. The molecule has 202 valence electrons. The van der Waals surface area contributed by atoms with Gasteiger partial charge in [-0.2, -0.15) is 4.98 Å². The van der Waals surface area contributed by atoms with Gasteiger partial charge in [0.2, 0.25) is 5.28 Å². The number of aliphatic hydroxyl groups excluding tert-OH is 2. The number of anilines is 1. The Morgan fingerprint density at radius 3 is 2.65 bits per heavy atom. The van der Waals surface area contributed by atoms with Crippen LogP contribution in [0.15, 0.2) is 24.7 Å². The number of imidazole rings is 1. The number of rotatable bonds is 9. The van der Waals surface area contributed by atoms with Gasteiger partial charge < -0.3 is 39.5 Å². The Morgan fingerprint density at radius 1 is 1.24 bits per heavy atom. The van der Waals surface area contributed by atoms with Gasteiger partial charge in [0.15, 0.2) is 17.4 Å². The van der Waals surface area contributed by atoms with E-state index in [0.717, 1.165) is 6.20 Å². The number of fused-ring (bicyclic) bond motifs is 1. The number of aromatic nitrogens is 5. The summed E-state index contributed by atoms with van der Waals surface area (Å²) >= 11 is 6.08. The predicted molar refractivity (Wildman–Crippen MR) is 124 cm³/mol. The van der Waals surface area contributed by atoms with Crippen LogP contribution in [0.1, 0.15) is 30.3 Å². The van der Waals surface area contributed by atoms with E-state index >= 15 is 0 Å². The van der Waals surface area contributed by atoms with Gasteiger partial charge in [-0.25, -0.2) is 13.9 Å². The third-order valence-electron chi connectivity index (χ3n) is 5.40. The van der Waals surface area contributed by atoms with Crippen LogP contribution in [0.25, 0.3) is 5.65 Å². The molecule has 1 fully saturated rings. The first kappa shape index (κ1) is 27.9. The summed E-state index contributed by atoms with van der Waals surface area (Å²) in [4.78, 5) is 39.6. The minimum Gasteiger partial charge on any atom is -0.387 e. The molecule has 19 heteroatoms. The zero-order valence-electron chi connectivity index (χ0n) is 18.9. The summed E-state index contributed by atoms with van der Waals surface area (Å²) in [5, 5.41) is 27.8. The maximum Gasteiger partial charge on any atom is 0.340 e. The molecule has 0 radical (unpaired) electrons. The van der Waals surface area contributed by atoms with Crippen LogP contribution in [0.3, 0.4) is 0 Å². The van der Waals surface area contributed by atoms with Crippen LogP contribution in [-0.4, -0.2) is 80.3 Å². The summed E-state index contributed by atoms with van der Waals surface area (Å²) in [7, 11) is -9.57. The maximum atomic E-state index is 13.6. The molecule has 1 aliphatic rings. The van der Waals surface area contributed by atoms with Crippen LogP contribution in [-0.2, 0) is 18.4 Å². The highest BCUT2D eigenvalue weighted by Crippen LogP contribution is 2.55. The van der Waals surface area contributed by atoms with E-state index in [9.17, 15) is 28.6 Å². The maximum absolute atomic E-state index is 13.6. The van der Waals surface area contributed by atoms with E-state index in [4.69, 9.17) is 30.6 Å². The third-order valence-corrected chi connectivity index (χ3v) is 9.02. The summed E-state index contributed by atoms with van der Waals surface area (Å²) in [6.07, 6.45) is -1.92. The van der Waals surface area contributed by atoms with Crippen molar-refractivity contribution in [3.8, 4) is 0 Å². The van der Waals surface area contributed by atoms with E-state index in [1.165, 1.54) is 23.0 Å². The molecule has 1 aliphatic heterocycles. The molecule has 3 aromatic heterocycles. The number of pyridine rings is 1. The normalized spacial score (nSPS) is 24.8. The topological polar surface area (TPSA) is 222 Å². The molecule has 3 aromatic rings. The smallest absolute Gasteiger partial charge is 0.340 e. The molecular weight excluding hydrogens is 561 g/mol. The summed E-state index contributed by atoms with van der Waals surface area (Å²) in [5.74, 6) is -1.78. The SMILES string of the molecule is C[C@H](Nc1nc(Cl)nn2c([C@@H]3O[C@H](COP(=O)(O)CP(=O)(O)O)[C@@H](O)[C@H]3O)cnc12)c1cncc(F)c1. The molecule has 1 unspecified atom stereocenters. The average Bonchev–Trinajstić information content (AvgIpc) is 3.32. The van der Waals surface area contributed by atoms with E-state index < -0.39 is 64.0 Å². The van der Waals surface area contributed by atoms with Crippen LogP contribution < -0.4 is 5.32 Å². The van der Waals surface area contributed by atoms with Gasteiger partial charge in [0, 0.05) is 6.20 Å². The Bertz CT molecular complexity index is 1390. The van der Waals surface area contributed by atoms with Crippen LogP contribution in [0.2, 0.25) is 5.28 Å². The Labute approximate surface area is 213 Å². The number of ether oxygens (including phenoxy) is 1. The second-order valence-corrected chi connectivity index (χ2v) is 12.6. The fourth-order valence-corrected chi connectivity index (χ4v) is 6.44. The van der Waals surface area contributed by atoms with Gasteiger partial charge in [-0.3, -0.25) is 14.1 Å². The van der Waals surface area contributed by atoms with E-state index in [1.807, 2.05) is 0 Å². The van der Waals surface area contributed by atoms with Crippen molar-refractivity contribution in [1.29, 1.82) is 0 Å². The lowest BCUT2D eigenvalue weighted by Gasteiger charge is -2.18. The molecule has 4 heterocycles. The Balaban J connectivity index is 1.55. The van der Waals surface area contributed by atoms with Gasteiger partial charge in [0.1, 0.15) is 30.2 Å². The third kappa shape index (κ3) is 6.49. The van der Waals surface area contributed by atoms with Gasteiger partial charge in [-0.15, -0.1) is 5.10 Å². The molecule has 4 rings (SSSR count). The minimum absolute atomic E-state index is 0.138. The highest BCUT2D eigenvalue weighted by atomic mass is 35.5. The number of nitrogens with zero attached hydrogens (tertiary/aromatic N) is 5. The van der Waals surface area contributed by atoms with Crippen LogP contribution in [0, 0.1) is 5.82 Å². The lowest BCUT2D eigenvalue weighted by Crippen LogP contribution is -2.33. The quantitative estimate of drug-likeness (QED) is 0.194. The Hall–Kier alpha value is -2.10. The first-order chi connectivity index (χ1) is 17.2. The van der Waals surface area contributed by atoms with Crippen LogP contribution in [0.5, 0.6) is 0 Å². The standard InChI is InChI=1S/C18H22ClFN6O9P2/c1-8(9-2-10(20)4-21-3-9)23-16-17-22-5-11(26(17)25-18(19)24-16)15-14(28)13(27)12(35-15)6-34-37(32,33)7-36(29,30)31/h2-5,8,12-15,27-28H,6-7H2,1H3,(H,32,33)(H,23,24,25)(H2,29,30,31)/t8-,12+,13+,14+,15-/m0/s1. The number of halogens is 2. The minimum atomic E-state index is -4.85. The number of aliphatic hydroxyl groups is 2. The van der Waals surface area contributed by atoms with E-state index in [-0.39, 0.29) is 22.4 Å². The van der Waals surface area contributed by atoms with E-state index in [2.05, 4.69) is 25.4 Å². The highest BCUT2D eigenvalue weighted by molar-refractivity contribution is 7.70. The van der Waals surface area contributed by atoms with Crippen molar-refractivity contribution in [3.63, 3.8) is 0 Å². The van der Waals surface area contributed by atoms with Crippen molar-refractivity contribution in [1.82, 2.24) is 24.6 Å². The lowest BCUT2D eigenvalue weighted by atomic mass is 10.1. The molecule has 0 saturated carbocycles. The first-order valence-corrected chi connectivity index (χ1v) is 14.5. The summed E-state index contributed by atoms with van der Waals surface area (Å²) in [5.41, 5.74) is 0.807. The summed E-state index contributed by atoms with van der Waals surface area (Å²) in [6, 6.07) is 0.816. The number of hydrogen-bond donors (Lipinski definition) is 6. The van der Waals surface area contributed by atoms with Crippen molar-refractivity contribution in [3.05, 3.63) is 47.0 Å². The number of hydrogen-bond acceptors (Lipinski definition) is 11. The van der Waals surface area contributed by atoms with Gasteiger partial charge in [0.25, 0.3) is 0 Å². The second kappa shape index (κ2) is 10.6. The summed E-state index contributed by atoms with van der Waals surface area (Å²) in [6.45, 7) is 0.977. The fourth-order valence-electron chi connectivity index (χ4n) is 3.71. The molecule has 0 spiro atoms. The first-order valence-electron chi connectivity index (χ1n) is 10.5. The molecule has 37 heavy (non-hydrogen) atoms. The van der Waals surface area contributed by atoms with Crippen molar-refractivity contribution in [2.45, 2.75) is 37.4 Å². The predicted octanol–water partition coefficient (Wildman–Crippen LogP) is 0.984. The largest absolute Gasteiger partial charge is 0.387 e. The van der Waals surface area contributed by atoms with Crippen LogP contribution in [0.4, 0.5) is 10.2 Å². The van der Waals surface area contributed by atoms with Gasteiger partial charge in [-0.1, -0.05) is 0 Å². The average molecular weight is 583 g/mol. The molecule has 6 atom stereocenters. The second-order valence-electron chi connectivity index (χ2n) is 8.27. The fraction of sp³-hybridized carbons (Fsp3) is 0.444. The van der Waals surface area contributed by atoms with Gasteiger partial charge in [0.05, 0.1) is 30.7 Å². The number of nitrogens with one attached hydrogen (secondary N) is 1. The van der Waals surface area contributed by atoms with Crippen molar-refractivity contribution in [2.24, 2.45) is 0 Å². The zero-order chi connectivity index (χ0) is 27.1. The molecular formula is C18H22ClFN6O9P2. The molecule has 15 nitrogen and oxygen atoms in total. The Kier molecular flexibility index (Phi) is 7.98. The molecule has 0 aromatic carbocycles. The summed E-state index contributed by atoms with van der Waals surface area (Å²) < 4.78 is 48.0. The molecule has 0 bridgehead atoms.